The Labute approximate surface area is 633 Å². The SMILES string of the molecule is COP(=O)(S)OCC1O[C@@H](n2cnc3c(=O)[nH]c(N)nc32)C[C@H]1OP(=S)(S)OCC1O[C@@H](n2cc(C)c(=O)[nH]c2=O)C[C@H]1OP(=O)(S)OCC1O[C@@H](n2cnc3c(=O)[nH]c(N)nc32)C[C@H]1OP(=O)(S)OCC1O[C@@H](n2cc(C)c(=O)[nH]c2=O)C[C@H]1OP(=O)(S)OCC1O[C@@H](n2ccc(N)nc2=O)C[C@H]1C(C)C. The fourth-order valence-electron chi connectivity index (χ4n) is 12.6. The average Bonchev–Trinajstić information content (AvgIpc) is 1.64. The maximum atomic E-state index is 14.8. The van der Waals surface area contributed by atoms with Gasteiger partial charge in [0.2, 0.25) is 17.6 Å². The van der Waals surface area contributed by atoms with E-state index >= 15 is 0 Å². The molecule has 107 heavy (non-hydrogen) atoms. The first kappa shape index (κ1) is 81.5. The summed E-state index contributed by atoms with van der Waals surface area (Å²) in [5.74, 6) is -0.765. The number of fused-ring (bicyclic) bond motifs is 2. The highest BCUT2D eigenvalue weighted by molar-refractivity contribution is 8.60. The zero-order chi connectivity index (χ0) is 77.1. The van der Waals surface area contributed by atoms with Crippen LogP contribution in [-0.4, -0.2) is 163 Å². The van der Waals surface area contributed by atoms with Crippen molar-refractivity contribution in [2.75, 3.05) is 57.3 Å². The van der Waals surface area contributed by atoms with Gasteiger partial charge in [0.25, 0.3) is 22.2 Å². The van der Waals surface area contributed by atoms with Crippen molar-refractivity contribution in [1.29, 1.82) is 0 Å². The molecule has 5 fully saturated rings. The van der Waals surface area contributed by atoms with Crippen molar-refractivity contribution < 1.29 is 87.2 Å². The lowest BCUT2D eigenvalue weighted by atomic mass is 9.89. The number of anilines is 3. The van der Waals surface area contributed by atoms with Gasteiger partial charge < -0.3 is 54.5 Å². The van der Waals surface area contributed by atoms with Crippen LogP contribution in [0.15, 0.2) is 70.9 Å². The molecule has 0 bridgehead atoms. The van der Waals surface area contributed by atoms with Crippen LogP contribution >= 0.6 is 94.1 Å². The largest absolute Gasteiger partial charge is 0.386 e. The monoisotopic (exact) mass is 1710 g/mol. The molecule has 0 spiro atoms. The Morgan fingerprint density at radius 1 is 0.505 bits per heavy atom. The van der Waals surface area contributed by atoms with Gasteiger partial charge in [0.1, 0.15) is 79.7 Å². The molecule has 0 aromatic carbocycles. The summed E-state index contributed by atoms with van der Waals surface area (Å²) in [6.07, 6.45) is -11.0. The minimum atomic E-state index is -4.75. The van der Waals surface area contributed by atoms with Gasteiger partial charge in [-0.2, -0.15) is 15.0 Å². The Morgan fingerprint density at radius 2 is 0.869 bits per heavy atom. The summed E-state index contributed by atoms with van der Waals surface area (Å²) in [6.45, 7) is -14.1. The third kappa shape index (κ3) is 19.2. The highest BCUT2D eigenvalue weighted by Gasteiger charge is 2.50. The maximum Gasteiger partial charge on any atom is 0.386 e. The third-order valence-corrected chi connectivity index (χ3v) is 26.7. The van der Waals surface area contributed by atoms with Crippen LogP contribution < -0.4 is 56.5 Å². The third-order valence-electron chi connectivity index (χ3n) is 17.8. The van der Waals surface area contributed by atoms with E-state index in [2.05, 4.69) is 106 Å². The Hall–Kier alpha value is -4.94. The summed E-state index contributed by atoms with van der Waals surface area (Å²) >= 11 is 27.4. The summed E-state index contributed by atoms with van der Waals surface area (Å²) in [6, 6.07) is 1.44. The number of nitrogen functional groups attached to an aromatic ring is 3. The molecular formula is C53H72N17O26P5S6. The van der Waals surface area contributed by atoms with Crippen molar-refractivity contribution >= 4 is 146 Å². The fourth-order valence-corrected chi connectivity index (χ4v) is 19.8. The van der Waals surface area contributed by atoms with Crippen molar-refractivity contribution in [3.63, 3.8) is 0 Å². The number of nitrogens with one attached hydrogen (secondary N) is 4. The number of H-pyrrole nitrogens is 4. The zero-order valence-electron chi connectivity index (χ0n) is 56.5. The average molecular weight is 1710 g/mol. The summed E-state index contributed by atoms with van der Waals surface area (Å²) in [5, 5.41) is 0. The Balaban J connectivity index is 0.756. The fraction of sp³-hybridized carbons (Fsp3) is 0.585. The quantitative estimate of drug-likeness (QED) is 0.0221. The number of thiol groups is 5. The predicted octanol–water partition coefficient (Wildman–Crippen LogP) is 4.26. The molecule has 5 saturated heterocycles. The number of hydrogen-bond donors (Lipinski definition) is 12. The van der Waals surface area contributed by atoms with Crippen molar-refractivity contribution in [2.24, 2.45) is 11.8 Å². The molecule has 12 rings (SSSR count). The topological polar surface area (TPSA) is 557 Å². The van der Waals surface area contributed by atoms with Crippen LogP contribution in [0, 0.1) is 25.7 Å². The number of aromatic amines is 4. The molecule has 54 heteroatoms. The lowest BCUT2D eigenvalue weighted by Gasteiger charge is -2.27. The number of nitrogens with zero attached hydrogens (tertiary/aromatic N) is 10. The van der Waals surface area contributed by atoms with E-state index in [9.17, 15) is 51.8 Å². The van der Waals surface area contributed by atoms with Gasteiger partial charge in [-0.1, -0.05) is 75.1 Å². The van der Waals surface area contributed by atoms with Crippen LogP contribution in [0.3, 0.4) is 0 Å². The van der Waals surface area contributed by atoms with Crippen molar-refractivity contribution in [3.8, 4) is 0 Å². The molecule has 10 unspecified atom stereocenters. The van der Waals surface area contributed by atoms with Crippen LogP contribution in [-0.2, 0) is 99.0 Å². The van der Waals surface area contributed by atoms with E-state index in [4.69, 9.17) is 97.9 Å². The molecule has 10 N–H and O–H groups in total. The first-order valence-electron chi connectivity index (χ1n) is 32.2. The lowest BCUT2D eigenvalue weighted by Crippen LogP contribution is -2.33. The van der Waals surface area contributed by atoms with E-state index in [1.54, 1.807) is 0 Å². The van der Waals surface area contributed by atoms with Crippen LogP contribution in [0.25, 0.3) is 22.3 Å². The number of aromatic nitrogens is 14. The number of ether oxygens (including phenoxy) is 5. The van der Waals surface area contributed by atoms with Gasteiger partial charge in [-0.25, -0.2) is 42.6 Å². The molecule has 20 atom stereocenters. The van der Waals surface area contributed by atoms with Crippen LogP contribution in [0.1, 0.15) is 88.2 Å². The normalized spacial score (nSPS) is 29.0. The molecular weight excluding hydrogens is 1640 g/mol. The molecule has 5 aliphatic heterocycles. The number of rotatable bonds is 30. The second kappa shape index (κ2) is 32.6. The summed E-state index contributed by atoms with van der Waals surface area (Å²) in [5.41, 5.74) is 8.51. The van der Waals surface area contributed by atoms with Crippen LogP contribution in [0.5, 0.6) is 0 Å². The van der Waals surface area contributed by atoms with Crippen LogP contribution in [0.2, 0.25) is 0 Å². The molecule has 0 saturated carbocycles. The van der Waals surface area contributed by atoms with Gasteiger partial charge in [0.05, 0.1) is 57.9 Å². The van der Waals surface area contributed by atoms with Gasteiger partial charge in [-0.3, -0.25) is 93.6 Å². The van der Waals surface area contributed by atoms with Crippen molar-refractivity contribution in [2.45, 2.75) is 146 Å². The van der Waals surface area contributed by atoms with E-state index in [0.717, 1.165) is 16.2 Å². The molecule has 0 radical (unpaired) electrons. The van der Waals surface area contributed by atoms with Crippen molar-refractivity contribution in [3.05, 3.63) is 121 Å². The summed E-state index contributed by atoms with van der Waals surface area (Å²) in [4.78, 5) is 120. The Bertz CT molecular complexity index is 5220. The van der Waals surface area contributed by atoms with E-state index in [-0.39, 0.29) is 95.3 Å². The molecule has 0 aliphatic carbocycles. The molecule has 12 heterocycles. The van der Waals surface area contributed by atoms with E-state index in [1.165, 1.54) is 64.9 Å². The van der Waals surface area contributed by atoms with E-state index in [0.29, 0.717) is 6.42 Å². The van der Waals surface area contributed by atoms with Gasteiger partial charge >= 0.3 is 44.3 Å². The van der Waals surface area contributed by atoms with Gasteiger partial charge in [0.15, 0.2) is 22.3 Å². The molecule has 7 aromatic heterocycles. The van der Waals surface area contributed by atoms with Gasteiger partial charge in [0, 0.05) is 62.5 Å². The number of aryl methyl sites for hydroxylation is 2. The molecule has 0 amide bonds. The zero-order valence-corrected chi connectivity index (χ0v) is 66.2. The first-order valence-corrected chi connectivity index (χ1v) is 46.7. The Kier molecular flexibility index (Phi) is 24.9. The van der Waals surface area contributed by atoms with Crippen LogP contribution in [0.4, 0.5) is 17.7 Å². The standard InChI is InChI=1S/C53H72N17O26P5S6/c1-22(2)25-8-36(66-7-6-35(54)59-51(66)75)88-30(25)15-84-98(79,103)93-26-9-37(67-13-23(3)45(71)64-52(67)76)89-31(26)17-85-100(81,105)95-28-11-39(69-20-57-41-43(69)60-49(55)62-47(41)73)91-32(28)18-86-99(80,104)94-27-10-38(68-14-24(4)46(72)65-53(68)77)90-34(27)19-87-101(106,107)96-29-12-40(92-33(29)16-83-97(78,102)82-5)70-21-58-42-44(70)61-50(56)63-48(42)74/h6-7,13-14,20-22,25-34,36-40H,8-12,15-19H2,1-5H3,(H,78,102)(H,79,103)(H,80,104)(H,81,105)(H,106,107)(H2,54,59,75)(H,64,71,76)(H,65,72,77)(H3,55,60,62,73)(H3,56,61,63,74)/t25-,26+,27+,28+,29+,30?,31?,32?,33?,34?,36+,37+,38+,39+,40+,97?,98?,99?,100?/m0/s1. The second-order valence-corrected chi connectivity index (χ2v) is 42.3. The number of hydrogen-bond acceptors (Lipinski definition) is 35. The summed E-state index contributed by atoms with van der Waals surface area (Å²) in [7, 11) is 1.11. The molecule has 43 nitrogen and oxygen atoms in total. The smallest absolute Gasteiger partial charge is 0.383 e. The van der Waals surface area contributed by atoms with Crippen molar-refractivity contribution in [1.82, 2.24) is 67.7 Å². The van der Waals surface area contributed by atoms with Gasteiger partial charge in [-0.15, -0.1) is 0 Å². The number of nitrogens with two attached hydrogens (primary N) is 3. The summed E-state index contributed by atoms with van der Waals surface area (Å²) < 4.78 is 153. The van der Waals surface area contributed by atoms with Gasteiger partial charge in [-0.05, 0) is 50.0 Å². The first-order chi connectivity index (χ1) is 50.3. The highest BCUT2D eigenvalue weighted by atomic mass is 32.9. The van der Waals surface area contributed by atoms with E-state index < -0.39 is 185 Å². The second-order valence-electron chi connectivity index (χ2n) is 25.4. The minimum Gasteiger partial charge on any atom is -0.383 e. The van der Waals surface area contributed by atoms with E-state index in [1.807, 2.05) is 13.8 Å². The minimum absolute atomic E-state index is 0.0130. The number of imidazole rings is 2. The lowest BCUT2D eigenvalue weighted by molar-refractivity contribution is -0.0515. The molecule has 7 aromatic rings. The predicted molar refractivity (Wildman–Crippen MR) is 397 cm³/mol. The molecule has 586 valence electrons. The molecule has 5 aliphatic rings. The maximum absolute atomic E-state index is 14.8. The highest BCUT2D eigenvalue weighted by Crippen LogP contribution is 2.62. The Morgan fingerprint density at radius 3 is 1.27 bits per heavy atom.